The SMILES string of the molecule is CN(CC(N)c1cccnc1)C(=O)OC(C)(C)C. The predicted octanol–water partition coefficient (Wildman–Crippen LogP) is 1.95. The summed E-state index contributed by atoms with van der Waals surface area (Å²) in [6.07, 6.45) is 3.02. The maximum Gasteiger partial charge on any atom is 0.410 e. The minimum atomic E-state index is -0.496. The minimum Gasteiger partial charge on any atom is -0.444 e. The molecule has 1 amide bonds. The first kappa shape index (κ1) is 14.4. The Balaban J connectivity index is 2.55. The summed E-state index contributed by atoms with van der Waals surface area (Å²) in [5.41, 5.74) is 6.41. The topological polar surface area (TPSA) is 68.5 Å². The van der Waals surface area contributed by atoms with E-state index in [4.69, 9.17) is 10.5 Å². The van der Waals surface area contributed by atoms with Crippen LogP contribution in [-0.4, -0.2) is 35.2 Å². The van der Waals surface area contributed by atoms with Gasteiger partial charge in [-0.3, -0.25) is 4.98 Å². The van der Waals surface area contributed by atoms with Crippen molar-refractivity contribution in [3.05, 3.63) is 30.1 Å². The fourth-order valence-electron chi connectivity index (χ4n) is 1.41. The van der Waals surface area contributed by atoms with E-state index in [0.29, 0.717) is 6.54 Å². The number of aromatic nitrogens is 1. The van der Waals surface area contributed by atoms with Crippen LogP contribution in [0.2, 0.25) is 0 Å². The van der Waals surface area contributed by atoms with E-state index in [-0.39, 0.29) is 12.1 Å². The molecule has 0 saturated carbocycles. The average Bonchev–Trinajstić information content (AvgIpc) is 2.27. The molecule has 1 aromatic heterocycles. The lowest BCUT2D eigenvalue weighted by atomic mass is 10.1. The summed E-state index contributed by atoms with van der Waals surface area (Å²) in [5.74, 6) is 0. The number of likely N-dealkylation sites (N-methyl/N-ethyl adjacent to an activating group) is 1. The summed E-state index contributed by atoms with van der Waals surface area (Å²) >= 11 is 0. The number of amides is 1. The molecule has 1 rings (SSSR count). The second-order valence-corrected chi connectivity index (χ2v) is 5.25. The highest BCUT2D eigenvalue weighted by atomic mass is 16.6. The lowest BCUT2D eigenvalue weighted by Crippen LogP contribution is -2.38. The van der Waals surface area contributed by atoms with E-state index >= 15 is 0 Å². The maximum absolute atomic E-state index is 11.8. The van der Waals surface area contributed by atoms with Crippen molar-refractivity contribution in [1.29, 1.82) is 0 Å². The van der Waals surface area contributed by atoms with E-state index in [1.165, 1.54) is 4.90 Å². The normalized spacial score (nSPS) is 12.9. The maximum atomic E-state index is 11.8. The van der Waals surface area contributed by atoms with Gasteiger partial charge in [0.2, 0.25) is 0 Å². The van der Waals surface area contributed by atoms with E-state index in [9.17, 15) is 4.79 Å². The number of hydrogen-bond acceptors (Lipinski definition) is 4. The number of ether oxygens (including phenoxy) is 1. The second kappa shape index (κ2) is 5.82. The molecular formula is C13H21N3O2. The summed E-state index contributed by atoms with van der Waals surface area (Å²) in [7, 11) is 1.67. The highest BCUT2D eigenvalue weighted by molar-refractivity contribution is 5.67. The number of nitrogens with two attached hydrogens (primary N) is 1. The molecule has 1 atom stereocenters. The van der Waals surface area contributed by atoms with Gasteiger partial charge in [-0.05, 0) is 32.4 Å². The highest BCUT2D eigenvalue weighted by Gasteiger charge is 2.21. The molecule has 1 unspecified atom stereocenters. The van der Waals surface area contributed by atoms with Crippen molar-refractivity contribution in [3.8, 4) is 0 Å². The molecule has 0 aromatic carbocycles. The number of nitrogens with zero attached hydrogens (tertiary/aromatic N) is 2. The first-order valence-corrected chi connectivity index (χ1v) is 5.89. The Kier molecular flexibility index (Phi) is 4.67. The molecule has 0 fully saturated rings. The van der Waals surface area contributed by atoms with Crippen LogP contribution < -0.4 is 5.73 Å². The summed E-state index contributed by atoms with van der Waals surface area (Å²) in [6, 6.07) is 3.44. The van der Waals surface area contributed by atoms with Crippen molar-refractivity contribution >= 4 is 6.09 Å². The third kappa shape index (κ3) is 4.71. The zero-order valence-corrected chi connectivity index (χ0v) is 11.4. The van der Waals surface area contributed by atoms with Crippen molar-refractivity contribution in [2.24, 2.45) is 5.73 Å². The Morgan fingerprint density at radius 1 is 1.56 bits per heavy atom. The summed E-state index contributed by atoms with van der Waals surface area (Å²) in [4.78, 5) is 17.2. The quantitative estimate of drug-likeness (QED) is 0.891. The van der Waals surface area contributed by atoms with Gasteiger partial charge in [0.1, 0.15) is 5.60 Å². The third-order valence-electron chi connectivity index (χ3n) is 2.29. The fourth-order valence-corrected chi connectivity index (χ4v) is 1.41. The molecule has 5 nitrogen and oxygen atoms in total. The molecule has 2 N–H and O–H groups in total. The van der Waals surface area contributed by atoms with Crippen LogP contribution in [0.3, 0.4) is 0 Å². The minimum absolute atomic E-state index is 0.267. The van der Waals surface area contributed by atoms with Crippen LogP contribution in [0.1, 0.15) is 32.4 Å². The molecule has 0 saturated heterocycles. The van der Waals surface area contributed by atoms with Gasteiger partial charge in [0.15, 0.2) is 0 Å². The Labute approximate surface area is 108 Å². The third-order valence-corrected chi connectivity index (χ3v) is 2.29. The van der Waals surface area contributed by atoms with Gasteiger partial charge >= 0.3 is 6.09 Å². The van der Waals surface area contributed by atoms with Crippen molar-refractivity contribution in [2.45, 2.75) is 32.4 Å². The fraction of sp³-hybridized carbons (Fsp3) is 0.538. The van der Waals surface area contributed by atoms with E-state index < -0.39 is 5.60 Å². The number of rotatable bonds is 3. The Morgan fingerprint density at radius 3 is 2.72 bits per heavy atom. The van der Waals surface area contributed by atoms with E-state index in [1.807, 2.05) is 32.9 Å². The van der Waals surface area contributed by atoms with Gasteiger partial charge in [-0.25, -0.2) is 4.79 Å². The Hall–Kier alpha value is -1.62. The lowest BCUT2D eigenvalue weighted by Gasteiger charge is -2.26. The first-order valence-electron chi connectivity index (χ1n) is 5.89. The van der Waals surface area contributed by atoms with E-state index in [1.54, 1.807) is 19.4 Å². The summed E-state index contributed by atoms with van der Waals surface area (Å²) in [5, 5.41) is 0. The number of carbonyl (C=O) groups is 1. The van der Waals surface area contributed by atoms with Crippen molar-refractivity contribution in [2.75, 3.05) is 13.6 Å². The largest absolute Gasteiger partial charge is 0.444 e. The van der Waals surface area contributed by atoms with Crippen LogP contribution in [0.4, 0.5) is 4.79 Å². The lowest BCUT2D eigenvalue weighted by molar-refractivity contribution is 0.0289. The van der Waals surface area contributed by atoms with Crippen LogP contribution in [0.15, 0.2) is 24.5 Å². The molecule has 0 bridgehead atoms. The Bertz CT molecular complexity index is 387. The zero-order chi connectivity index (χ0) is 13.8. The van der Waals surface area contributed by atoms with Crippen molar-refractivity contribution in [3.63, 3.8) is 0 Å². The van der Waals surface area contributed by atoms with Crippen LogP contribution >= 0.6 is 0 Å². The molecule has 0 aliphatic rings. The van der Waals surface area contributed by atoms with Crippen molar-refractivity contribution < 1.29 is 9.53 Å². The summed E-state index contributed by atoms with van der Waals surface area (Å²) < 4.78 is 5.25. The van der Waals surface area contributed by atoms with Gasteiger partial charge < -0.3 is 15.4 Å². The van der Waals surface area contributed by atoms with Crippen LogP contribution in [0, 0.1) is 0 Å². The molecule has 0 aliphatic carbocycles. The molecule has 100 valence electrons. The zero-order valence-electron chi connectivity index (χ0n) is 11.4. The van der Waals surface area contributed by atoms with E-state index in [2.05, 4.69) is 4.98 Å². The van der Waals surface area contributed by atoms with Gasteiger partial charge in [0.25, 0.3) is 0 Å². The average molecular weight is 251 g/mol. The van der Waals surface area contributed by atoms with Gasteiger partial charge in [-0.2, -0.15) is 0 Å². The van der Waals surface area contributed by atoms with Gasteiger partial charge in [0, 0.05) is 32.0 Å². The standard InChI is InChI=1S/C13H21N3O2/c1-13(2,3)18-12(17)16(4)9-11(14)10-6-5-7-15-8-10/h5-8,11H,9,14H2,1-4H3. The molecule has 1 aromatic rings. The number of hydrogen-bond donors (Lipinski definition) is 1. The molecule has 0 spiro atoms. The number of carbonyl (C=O) groups excluding carboxylic acids is 1. The monoisotopic (exact) mass is 251 g/mol. The summed E-state index contributed by atoms with van der Waals surface area (Å²) in [6.45, 7) is 5.89. The molecule has 0 aliphatic heterocycles. The molecule has 18 heavy (non-hydrogen) atoms. The molecule has 5 heteroatoms. The first-order chi connectivity index (χ1) is 8.29. The molecule has 1 heterocycles. The van der Waals surface area contributed by atoms with Gasteiger partial charge in [-0.1, -0.05) is 6.07 Å². The Morgan fingerprint density at radius 2 is 2.22 bits per heavy atom. The van der Waals surface area contributed by atoms with Crippen LogP contribution in [0.25, 0.3) is 0 Å². The van der Waals surface area contributed by atoms with Gasteiger partial charge in [-0.15, -0.1) is 0 Å². The highest BCUT2D eigenvalue weighted by Crippen LogP contribution is 2.12. The van der Waals surface area contributed by atoms with E-state index in [0.717, 1.165) is 5.56 Å². The van der Waals surface area contributed by atoms with Crippen LogP contribution in [-0.2, 0) is 4.74 Å². The van der Waals surface area contributed by atoms with Gasteiger partial charge in [0.05, 0.1) is 0 Å². The van der Waals surface area contributed by atoms with Crippen molar-refractivity contribution in [1.82, 2.24) is 9.88 Å². The smallest absolute Gasteiger partial charge is 0.410 e. The number of pyridine rings is 1. The predicted molar refractivity (Wildman–Crippen MR) is 70.0 cm³/mol. The molecule has 0 radical (unpaired) electrons. The second-order valence-electron chi connectivity index (χ2n) is 5.25. The molecular weight excluding hydrogens is 230 g/mol. The van der Waals surface area contributed by atoms with Crippen LogP contribution in [0.5, 0.6) is 0 Å².